The van der Waals surface area contributed by atoms with E-state index in [0.717, 1.165) is 30.8 Å². The van der Waals surface area contributed by atoms with Gasteiger partial charge in [-0.05, 0) is 26.0 Å². The van der Waals surface area contributed by atoms with Crippen LogP contribution >= 0.6 is 0 Å². The first-order chi connectivity index (χ1) is 9.69. The molecule has 5 nitrogen and oxygen atoms in total. The van der Waals surface area contributed by atoms with E-state index in [-0.39, 0.29) is 0 Å². The van der Waals surface area contributed by atoms with Gasteiger partial charge < -0.3 is 14.5 Å². The van der Waals surface area contributed by atoms with Crippen molar-refractivity contribution in [2.75, 3.05) is 6.54 Å². The van der Waals surface area contributed by atoms with E-state index < -0.39 is 0 Å². The van der Waals surface area contributed by atoms with Gasteiger partial charge in [0.25, 0.3) is 5.89 Å². The highest BCUT2D eigenvalue weighted by molar-refractivity contribution is 5.36. The number of nitrogens with zero attached hydrogens (tertiary/aromatic N) is 2. The summed E-state index contributed by atoms with van der Waals surface area (Å²) in [4.78, 5) is 0. The third-order valence-corrected chi connectivity index (χ3v) is 2.88. The van der Waals surface area contributed by atoms with Gasteiger partial charge in [0.1, 0.15) is 5.75 Å². The molecule has 0 bridgehead atoms. The van der Waals surface area contributed by atoms with E-state index in [0.29, 0.717) is 18.4 Å². The van der Waals surface area contributed by atoms with Crippen LogP contribution in [-0.2, 0) is 13.2 Å². The number of hydrogen-bond donors (Lipinski definition) is 1. The third-order valence-electron chi connectivity index (χ3n) is 2.88. The first kappa shape index (κ1) is 14.5. The van der Waals surface area contributed by atoms with E-state index in [1.165, 1.54) is 5.56 Å². The van der Waals surface area contributed by atoms with Crippen molar-refractivity contribution in [1.29, 1.82) is 0 Å². The Morgan fingerprint density at radius 2 is 2.10 bits per heavy atom. The summed E-state index contributed by atoms with van der Waals surface area (Å²) in [6.45, 7) is 8.09. The van der Waals surface area contributed by atoms with Crippen molar-refractivity contribution in [3.63, 3.8) is 0 Å². The van der Waals surface area contributed by atoms with Gasteiger partial charge in [-0.25, -0.2) is 0 Å². The molecule has 0 saturated carbocycles. The van der Waals surface area contributed by atoms with Crippen molar-refractivity contribution in [3.05, 3.63) is 41.1 Å². The zero-order chi connectivity index (χ0) is 14.4. The van der Waals surface area contributed by atoms with E-state index in [2.05, 4.69) is 35.4 Å². The molecule has 0 radical (unpaired) electrons. The van der Waals surface area contributed by atoms with Gasteiger partial charge >= 0.3 is 0 Å². The highest BCUT2D eigenvalue weighted by Crippen LogP contribution is 2.21. The molecule has 0 saturated heterocycles. The van der Waals surface area contributed by atoms with Crippen molar-refractivity contribution >= 4 is 0 Å². The minimum atomic E-state index is 0.296. The van der Waals surface area contributed by atoms with Gasteiger partial charge in [0.2, 0.25) is 5.89 Å². The number of rotatable bonds is 7. The lowest BCUT2D eigenvalue weighted by atomic mass is 10.1. The van der Waals surface area contributed by atoms with Gasteiger partial charge in [0.15, 0.2) is 6.61 Å². The quantitative estimate of drug-likeness (QED) is 0.787. The predicted molar refractivity (Wildman–Crippen MR) is 76.5 cm³/mol. The smallest absolute Gasteiger partial charge is 0.253 e. The lowest BCUT2D eigenvalue weighted by molar-refractivity contribution is 0.257. The summed E-state index contributed by atoms with van der Waals surface area (Å²) in [5.74, 6) is 1.91. The molecule has 0 aliphatic carbocycles. The van der Waals surface area contributed by atoms with Gasteiger partial charge in [-0.2, -0.15) is 0 Å². The minimum Gasteiger partial charge on any atom is -0.483 e. The van der Waals surface area contributed by atoms with Crippen LogP contribution in [0.15, 0.2) is 22.6 Å². The molecule has 1 heterocycles. The van der Waals surface area contributed by atoms with E-state index in [1.807, 2.05) is 12.1 Å². The summed E-state index contributed by atoms with van der Waals surface area (Å²) in [6.07, 6.45) is 1.11. The van der Waals surface area contributed by atoms with Crippen LogP contribution in [-0.4, -0.2) is 16.7 Å². The summed E-state index contributed by atoms with van der Waals surface area (Å²) < 4.78 is 11.1. The van der Waals surface area contributed by atoms with E-state index >= 15 is 0 Å². The molecule has 0 aliphatic rings. The molecule has 5 heteroatoms. The fourth-order valence-electron chi connectivity index (χ4n) is 1.92. The Bertz CT molecular complexity index is 552. The summed E-state index contributed by atoms with van der Waals surface area (Å²) in [6, 6.07) is 6.16. The SMILES string of the molecule is CCCNCc1cc(C)ccc1OCc1nnc(C)o1. The van der Waals surface area contributed by atoms with Gasteiger partial charge in [-0.1, -0.05) is 24.6 Å². The van der Waals surface area contributed by atoms with Gasteiger partial charge in [0, 0.05) is 19.0 Å². The molecule has 1 N–H and O–H groups in total. The molecule has 0 aliphatic heterocycles. The van der Waals surface area contributed by atoms with Crippen molar-refractivity contribution in [1.82, 2.24) is 15.5 Å². The van der Waals surface area contributed by atoms with Crippen LogP contribution in [0, 0.1) is 13.8 Å². The highest BCUT2D eigenvalue weighted by Gasteiger charge is 2.07. The zero-order valence-electron chi connectivity index (χ0n) is 12.3. The maximum absolute atomic E-state index is 5.79. The summed E-state index contributed by atoms with van der Waals surface area (Å²) in [5, 5.41) is 11.1. The van der Waals surface area contributed by atoms with Crippen LogP contribution in [0.3, 0.4) is 0 Å². The van der Waals surface area contributed by atoms with Crippen molar-refractivity contribution in [2.24, 2.45) is 0 Å². The van der Waals surface area contributed by atoms with E-state index in [9.17, 15) is 0 Å². The number of aromatic nitrogens is 2. The van der Waals surface area contributed by atoms with Crippen LogP contribution in [0.2, 0.25) is 0 Å². The second kappa shape index (κ2) is 7.05. The number of nitrogens with one attached hydrogen (secondary N) is 1. The molecule has 0 amide bonds. The van der Waals surface area contributed by atoms with Crippen molar-refractivity contribution in [3.8, 4) is 5.75 Å². The second-order valence-corrected chi connectivity index (χ2v) is 4.79. The molecule has 0 spiro atoms. The van der Waals surface area contributed by atoms with Crippen LogP contribution in [0.25, 0.3) is 0 Å². The van der Waals surface area contributed by atoms with Crippen LogP contribution in [0.4, 0.5) is 0 Å². The Kier molecular flexibility index (Phi) is 5.12. The molecule has 2 rings (SSSR count). The molecular weight excluding hydrogens is 254 g/mol. The molecule has 20 heavy (non-hydrogen) atoms. The predicted octanol–water partition coefficient (Wildman–Crippen LogP) is 2.77. The molecule has 1 aromatic carbocycles. The maximum Gasteiger partial charge on any atom is 0.253 e. The number of hydrogen-bond acceptors (Lipinski definition) is 5. The topological polar surface area (TPSA) is 60.2 Å². The molecule has 2 aromatic rings. The average Bonchev–Trinajstić information content (AvgIpc) is 2.84. The standard InChI is InChI=1S/C15H21N3O2/c1-4-7-16-9-13-8-11(2)5-6-14(13)19-10-15-18-17-12(3)20-15/h5-6,8,16H,4,7,9-10H2,1-3H3. The number of ether oxygens (including phenoxy) is 1. The molecule has 1 aromatic heterocycles. The van der Waals surface area contributed by atoms with Gasteiger partial charge in [0.05, 0.1) is 0 Å². The normalized spacial score (nSPS) is 10.8. The zero-order valence-corrected chi connectivity index (χ0v) is 12.3. The molecule has 0 atom stereocenters. The largest absolute Gasteiger partial charge is 0.483 e. The van der Waals surface area contributed by atoms with Crippen LogP contribution in [0.1, 0.15) is 36.3 Å². The summed E-state index contributed by atoms with van der Waals surface area (Å²) >= 11 is 0. The molecule has 108 valence electrons. The fraction of sp³-hybridized carbons (Fsp3) is 0.467. The van der Waals surface area contributed by atoms with E-state index in [1.54, 1.807) is 6.92 Å². The number of benzene rings is 1. The Hall–Kier alpha value is -1.88. The molecule has 0 unspecified atom stereocenters. The van der Waals surface area contributed by atoms with Gasteiger partial charge in [-0.3, -0.25) is 0 Å². The second-order valence-electron chi connectivity index (χ2n) is 4.79. The van der Waals surface area contributed by atoms with Crippen LogP contribution in [0.5, 0.6) is 5.75 Å². The van der Waals surface area contributed by atoms with Crippen LogP contribution < -0.4 is 10.1 Å². The van der Waals surface area contributed by atoms with E-state index in [4.69, 9.17) is 9.15 Å². The molecule has 0 fully saturated rings. The lowest BCUT2D eigenvalue weighted by Gasteiger charge is -2.11. The Balaban J connectivity index is 2.01. The van der Waals surface area contributed by atoms with Crippen molar-refractivity contribution < 1.29 is 9.15 Å². The van der Waals surface area contributed by atoms with Gasteiger partial charge in [-0.15, -0.1) is 10.2 Å². The Morgan fingerprint density at radius 1 is 1.25 bits per heavy atom. The molecular formula is C15H21N3O2. The van der Waals surface area contributed by atoms with Crippen molar-refractivity contribution in [2.45, 2.75) is 40.3 Å². The highest BCUT2D eigenvalue weighted by atomic mass is 16.5. The third kappa shape index (κ3) is 4.06. The summed E-state index contributed by atoms with van der Waals surface area (Å²) in [5.41, 5.74) is 2.37. The first-order valence-corrected chi connectivity index (χ1v) is 6.91. The average molecular weight is 275 g/mol. The lowest BCUT2D eigenvalue weighted by Crippen LogP contribution is -2.14. The Labute approximate surface area is 119 Å². The minimum absolute atomic E-state index is 0.296. The Morgan fingerprint density at radius 3 is 2.80 bits per heavy atom. The maximum atomic E-state index is 5.79. The fourth-order valence-corrected chi connectivity index (χ4v) is 1.92. The first-order valence-electron chi connectivity index (χ1n) is 6.91. The number of aryl methyl sites for hydroxylation is 2. The summed E-state index contributed by atoms with van der Waals surface area (Å²) in [7, 11) is 0. The monoisotopic (exact) mass is 275 g/mol.